The van der Waals surface area contributed by atoms with E-state index in [0.29, 0.717) is 18.7 Å². The van der Waals surface area contributed by atoms with Crippen LogP contribution in [0.2, 0.25) is 0 Å². The maximum Gasteiger partial charge on any atom is 0.254 e. The number of nitrogens with zero attached hydrogens (tertiary/aromatic N) is 1. The lowest BCUT2D eigenvalue weighted by Gasteiger charge is -2.13. The zero-order valence-corrected chi connectivity index (χ0v) is 8.73. The van der Waals surface area contributed by atoms with E-state index >= 15 is 0 Å². The van der Waals surface area contributed by atoms with E-state index in [-0.39, 0.29) is 5.91 Å². The standard InChI is InChI=1S/C12H14N2O/c1-3-8-14(2)12(15)11-6-4-10(9-13)5-7-11/h1,4-7H,8-9,13H2,2H3. The number of carbonyl (C=O) groups is 1. The van der Waals surface area contributed by atoms with Crippen LogP contribution in [-0.2, 0) is 6.54 Å². The Morgan fingerprint density at radius 3 is 2.53 bits per heavy atom. The molecule has 1 amide bonds. The highest BCUT2D eigenvalue weighted by atomic mass is 16.2. The predicted molar refractivity (Wildman–Crippen MR) is 60.1 cm³/mol. The first-order valence-corrected chi connectivity index (χ1v) is 4.67. The Morgan fingerprint density at radius 1 is 1.47 bits per heavy atom. The van der Waals surface area contributed by atoms with Gasteiger partial charge in [-0.3, -0.25) is 4.79 Å². The van der Waals surface area contributed by atoms with Crippen LogP contribution in [0.25, 0.3) is 0 Å². The minimum atomic E-state index is -0.0727. The van der Waals surface area contributed by atoms with Crippen molar-refractivity contribution in [3.8, 4) is 12.3 Å². The third-order valence-corrected chi connectivity index (χ3v) is 2.11. The van der Waals surface area contributed by atoms with Gasteiger partial charge in [0.2, 0.25) is 0 Å². The van der Waals surface area contributed by atoms with Gasteiger partial charge in [0.1, 0.15) is 0 Å². The van der Waals surface area contributed by atoms with E-state index in [4.69, 9.17) is 12.2 Å². The largest absolute Gasteiger partial charge is 0.331 e. The van der Waals surface area contributed by atoms with Crippen molar-refractivity contribution < 1.29 is 4.79 Å². The normalized spacial score (nSPS) is 9.40. The summed E-state index contributed by atoms with van der Waals surface area (Å²) in [4.78, 5) is 13.2. The van der Waals surface area contributed by atoms with Gasteiger partial charge in [-0.05, 0) is 17.7 Å². The van der Waals surface area contributed by atoms with Gasteiger partial charge in [-0.2, -0.15) is 0 Å². The fourth-order valence-corrected chi connectivity index (χ4v) is 1.21. The van der Waals surface area contributed by atoms with E-state index in [9.17, 15) is 4.79 Å². The summed E-state index contributed by atoms with van der Waals surface area (Å²) in [6.07, 6.45) is 5.13. The summed E-state index contributed by atoms with van der Waals surface area (Å²) < 4.78 is 0. The molecule has 0 saturated carbocycles. The van der Waals surface area contributed by atoms with E-state index < -0.39 is 0 Å². The third kappa shape index (κ3) is 2.83. The van der Waals surface area contributed by atoms with Gasteiger partial charge in [0.05, 0.1) is 6.54 Å². The second-order valence-electron chi connectivity index (χ2n) is 3.27. The summed E-state index contributed by atoms with van der Waals surface area (Å²) in [6.45, 7) is 0.798. The molecule has 0 saturated heterocycles. The molecular formula is C12H14N2O. The van der Waals surface area contributed by atoms with Crippen LogP contribution in [0.5, 0.6) is 0 Å². The molecule has 0 atom stereocenters. The quantitative estimate of drug-likeness (QED) is 0.739. The Kier molecular flexibility index (Phi) is 3.90. The molecule has 0 heterocycles. The molecule has 0 spiro atoms. The van der Waals surface area contributed by atoms with Gasteiger partial charge in [-0.15, -0.1) is 6.42 Å². The van der Waals surface area contributed by atoms with Gasteiger partial charge >= 0.3 is 0 Å². The maximum absolute atomic E-state index is 11.7. The summed E-state index contributed by atoms with van der Waals surface area (Å²) in [5.41, 5.74) is 7.10. The topological polar surface area (TPSA) is 46.3 Å². The van der Waals surface area contributed by atoms with Crippen molar-refractivity contribution in [3.63, 3.8) is 0 Å². The van der Waals surface area contributed by atoms with E-state index in [2.05, 4.69) is 5.92 Å². The highest BCUT2D eigenvalue weighted by Crippen LogP contribution is 2.06. The monoisotopic (exact) mass is 202 g/mol. The smallest absolute Gasteiger partial charge is 0.254 e. The third-order valence-electron chi connectivity index (χ3n) is 2.11. The minimum absolute atomic E-state index is 0.0727. The van der Waals surface area contributed by atoms with E-state index in [1.54, 1.807) is 19.2 Å². The second kappa shape index (κ2) is 5.18. The van der Waals surface area contributed by atoms with Crippen molar-refractivity contribution in [1.29, 1.82) is 0 Å². The lowest BCUT2D eigenvalue weighted by molar-refractivity contribution is 0.0812. The molecule has 15 heavy (non-hydrogen) atoms. The Labute approximate surface area is 89.9 Å². The first kappa shape index (κ1) is 11.3. The van der Waals surface area contributed by atoms with Crippen LogP contribution < -0.4 is 5.73 Å². The summed E-state index contributed by atoms with van der Waals surface area (Å²) in [7, 11) is 1.68. The van der Waals surface area contributed by atoms with E-state index in [1.807, 2.05) is 12.1 Å². The molecule has 0 fully saturated rings. The number of amides is 1. The van der Waals surface area contributed by atoms with Gasteiger partial charge in [-0.1, -0.05) is 18.1 Å². The van der Waals surface area contributed by atoms with Gasteiger partial charge in [0, 0.05) is 19.2 Å². The summed E-state index contributed by atoms with van der Waals surface area (Å²) in [5, 5.41) is 0. The van der Waals surface area contributed by atoms with Crippen molar-refractivity contribution in [2.75, 3.05) is 13.6 Å². The fourth-order valence-electron chi connectivity index (χ4n) is 1.21. The van der Waals surface area contributed by atoms with E-state index in [0.717, 1.165) is 5.56 Å². The Morgan fingerprint density at radius 2 is 2.07 bits per heavy atom. The SMILES string of the molecule is C#CCN(C)C(=O)c1ccc(CN)cc1. The number of terminal acetylenes is 1. The zero-order chi connectivity index (χ0) is 11.3. The molecular weight excluding hydrogens is 188 g/mol. The molecule has 78 valence electrons. The molecule has 0 unspecified atom stereocenters. The highest BCUT2D eigenvalue weighted by molar-refractivity contribution is 5.94. The number of carbonyl (C=O) groups excluding carboxylic acids is 1. The summed E-state index contributed by atoms with van der Waals surface area (Å²) >= 11 is 0. The molecule has 0 aliphatic carbocycles. The molecule has 0 aliphatic rings. The fraction of sp³-hybridized carbons (Fsp3) is 0.250. The van der Waals surface area contributed by atoms with E-state index in [1.165, 1.54) is 4.90 Å². The molecule has 1 aromatic rings. The number of nitrogens with two attached hydrogens (primary N) is 1. The van der Waals surface area contributed by atoms with Crippen LogP contribution >= 0.6 is 0 Å². The number of hydrogen-bond donors (Lipinski definition) is 1. The molecule has 0 radical (unpaired) electrons. The Bertz CT molecular complexity index is 376. The summed E-state index contributed by atoms with van der Waals surface area (Å²) in [6, 6.07) is 7.21. The molecule has 0 aliphatic heterocycles. The lowest BCUT2D eigenvalue weighted by atomic mass is 10.1. The van der Waals surface area contributed by atoms with Crippen LogP contribution in [0.4, 0.5) is 0 Å². The van der Waals surface area contributed by atoms with Crippen molar-refractivity contribution in [2.24, 2.45) is 5.73 Å². The van der Waals surface area contributed by atoms with Crippen molar-refractivity contribution in [1.82, 2.24) is 4.90 Å². The molecule has 2 N–H and O–H groups in total. The average Bonchev–Trinajstić information content (AvgIpc) is 2.28. The maximum atomic E-state index is 11.7. The number of rotatable bonds is 3. The predicted octanol–water partition coefficient (Wildman–Crippen LogP) is 0.850. The first-order valence-electron chi connectivity index (χ1n) is 4.67. The Balaban J connectivity index is 2.79. The van der Waals surface area contributed by atoms with Crippen LogP contribution in [0.15, 0.2) is 24.3 Å². The van der Waals surface area contributed by atoms with Crippen molar-refractivity contribution >= 4 is 5.91 Å². The van der Waals surface area contributed by atoms with Gasteiger partial charge in [0.25, 0.3) is 5.91 Å². The number of hydrogen-bond acceptors (Lipinski definition) is 2. The average molecular weight is 202 g/mol. The molecule has 0 aromatic heterocycles. The molecule has 0 bridgehead atoms. The van der Waals surface area contributed by atoms with Crippen molar-refractivity contribution in [3.05, 3.63) is 35.4 Å². The van der Waals surface area contributed by atoms with Gasteiger partial charge < -0.3 is 10.6 Å². The minimum Gasteiger partial charge on any atom is -0.331 e. The van der Waals surface area contributed by atoms with Crippen LogP contribution in [0.3, 0.4) is 0 Å². The number of benzene rings is 1. The van der Waals surface area contributed by atoms with Gasteiger partial charge in [-0.25, -0.2) is 0 Å². The van der Waals surface area contributed by atoms with Gasteiger partial charge in [0.15, 0.2) is 0 Å². The second-order valence-corrected chi connectivity index (χ2v) is 3.27. The molecule has 1 aromatic carbocycles. The summed E-state index contributed by atoms with van der Waals surface area (Å²) in [5.74, 6) is 2.35. The van der Waals surface area contributed by atoms with Crippen LogP contribution in [-0.4, -0.2) is 24.4 Å². The molecule has 3 nitrogen and oxygen atoms in total. The zero-order valence-electron chi connectivity index (χ0n) is 8.73. The van der Waals surface area contributed by atoms with Crippen LogP contribution in [0, 0.1) is 12.3 Å². The Hall–Kier alpha value is -1.79. The molecule has 1 rings (SSSR count). The first-order chi connectivity index (χ1) is 7.19. The van der Waals surface area contributed by atoms with Crippen molar-refractivity contribution in [2.45, 2.75) is 6.54 Å². The molecule has 3 heteroatoms. The van der Waals surface area contributed by atoms with Crippen LogP contribution in [0.1, 0.15) is 15.9 Å². The highest BCUT2D eigenvalue weighted by Gasteiger charge is 2.09. The lowest BCUT2D eigenvalue weighted by Crippen LogP contribution is -2.26.